The van der Waals surface area contributed by atoms with Crippen molar-refractivity contribution in [2.75, 3.05) is 12.3 Å². The third-order valence-corrected chi connectivity index (χ3v) is 5.52. The summed E-state index contributed by atoms with van der Waals surface area (Å²) in [6.45, 7) is 1.96. The van der Waals surface area contributed by atoms with Crippen LogP contribution in [0, 0.1) is 0 Å². The Kier molecular flexibility index (Phi) is 9.95. The molecule has 0 spiro atoms. The molecule has 1 aliphatic heterocycles. The number of carbonyl (C=O) groups is 4. The van der Waals surface area contributed by atoms with Crippen LogP contribution in [0.25, 0.3) is 0 Å². The number of carbonyl (C=O) groups excluding carboxylic acids is 3. The number of thiol groups is 1. The normalized spacial score (nSPS) is 19.3. The van der Waals surface area contributed by atoms with Crippen LogP contribution in [0.5, 0.6) is 0 Å². The summed E-state index contributed by atoms with van der Waals surface area (Å²) >= 11 is 4.08. The largest absolute Gasteiger partial charge is 0.480 e. The van der Waals surface area contributed by atoms with Gasteiger partial charge in [-0.05, 0) is 31.9 Å². The summed E-state index contributed by atoms with van der Waals surface area (Å²) in [5.74, 6) is -3.22. The smallest absolute Gasteiger partial charge is 0.328 e. The number of benzene rings is 1. The van der Waals surface area contributed by atoms with Crippen LogP contribution >= 0.6 is 12.6 Å². The van der Waals surface area contributed by atoms with Crippen molar-refractivity contribution in [3.63, 3.8) is 0 Å². The topological polar surface area (TPSA) is 157 Å². The predicted molar refractivity (Wildman–Crippen MR) is 120 cm³/mol. The lowest BCUT2D eigenvalue weighted by molar-refractivity contribution is -0.145. The predicted octanol–water partition coefficient (Wildman–Crippen LogP) is -1.17. The molecular formula is C21H30N4O6S. The molecule has 0 bridgehead atoms. The summed E-state index contributed by atoms with van der Waals surface area (Å²) < 4.78 is 0. The Morgan fingerprint density at radius 3 is 2.28 bits per heavy atom. The monoisotopic (exact) mass is 466 g/mol. The Morgan fingerprint density at radius 1 is 1.09 bits per heavy atom. The number of aliphatic hydroxyl groups is 1. The first kappa shape index (κ1) is 25.6. The Bertz CT molecular complexity index is 801. The third-order valence-electron chi connectivity index (χ3n) is 5.15. The summed E-state index contributed by atoms with van der Waals surface area (Å²) in [4.78, 5) is 49.3. The number of aliphatic carboxylic acids is 1. The van der Waals surface area contributed by atoms with Crippen LogP contribution in [-0.2, 0) is 25.6 Å². The zero-order chi connectivity index (χ0) is 23.7. The van der Waals surface area contributed by atoms with E-state index in [0.717, 1.165) is 18.5 Å². The van der Waals surface area contributed by atoms with Crippen molar-refractivity contribution in [2.45, 2.75) is 56.5 Å². The molecule has 0 radical (unpaired) electrons. The molecule has 10 nitrogen and oxygen atoms in total. The van der Waals surface area contributed by atoms with Crippen LogP contribution in [0.3, 0.4) is 0 Å². The van der Waals surface area contributed by atoms with Crippen LogP contribution in [0.15, 0.2) is 30.3 Å². The molecule has 1 aromatic rings. The second-order valence-electron chi connectivity index (χ2n) is 7.71. The molecule has 32 heavy (non-hydrogen) atoms. The second kappa shape index (κ2) is 12.4. The fraction of sp³-hybridized carbons (Fsp3) is 0.524. The van der Waals surface area contributed by atoms with Gasteiger partial charge in [0, 0.05) is 12.2 Å². The van der Waals surface area contributed by atoms with Gasteiger partial charge in [0.05, 0.1) is 12.1 Å². The van der Waals surface area contributed by atoms with Crippen LogP contribution in [0.1, 0.15) is 25.3 Å². The van der Waals surface area contributed by atoms with E-state index in [1.807, 2.05) is 30.3 Å². The van der Waals surface area contributed by atoms with Gasteiger partial charge in [-0.3, -0.25) is 14.4 Å². The van der Waals surface area contributed by atoms with Gasteiger partial charge in [0.2, 0.25) is 17.7 Å². The van der Waals surface area contributed by atoms with E-state index in [2.05, 4.69) is 33.9 Å². The first-order valence-corrected chi connectivity index (χ1v) is 11.1. The number of hydrogen-bond acceptors (Lipinski definition) is 7. The highest BCUT2D eigenvalue weighted by atomic mass is 32.1. The van der Waals surface area contributed by atoms with Gasteiger partial charge < -0.3 is 31.5 Å². The summed E-state index contributed by atoms with van der Waals surface area (Å²) in [5.41, 5.74) is 0.819. The first-order valence-electron chi connectivity index (χ1n) is 10.4. The van der Waals surface area contributed by atoms with Gasteiger partial charge >= 0.3 is 5.97 Å². The minimum Gasteiger partial charge on any atom is -0.480 e. The maximum absolute atomic E-state index is 13.0. The highest BCUT2D eigenvalue weighted by molar-refractivity contribution is 7.80. The number of amides is 3. The van der Waals surface area contributed by atoms with Gasteiger partial charge in [-0.2, -0.15) is 12.6 Å². The van der Waals surface area contributed by atoms with Gasteiger partial charge in [0.15, 0.2) is 6.04 Å². The van der Waals surface area contributed by atoms with Crippen LogP contribution < -0.4 is 21.3 Å². The van der Waals surface area contributed by atoms with Crippen LogP contribution in [0.2, 0.25) is 0 Å². The van der Waals surface area contributed by atoms with E-state index in [1.54, 1.807) is 0 Å². The molecule has 1 aliphatic rings. The number of carboxylic acid groups (broad SMARTS) is 1. The van der Waals surface area contributed by atoms with Crippen LogP contribution in [-0.4, -0.2) is 76.5 Å². The molecular weight excluding hydrogens is 436 g/mol. The van der Waals surface area contributed by atoms with Crippen molar-refractivity contribution in [3.05, 3.63) is 35.9 Å². The van der Waals surface area contributed by atoms with Gasteiger partial charge in [0.1, 0.15) is 12.1 Å². The Morgan fingerprint density at radius 2 is 1.75 bits per heavy atom. The molecule has 1 heterocycles. The number of hydrogen-bond donors (Lipinski definition) is 7. The Hall–Kier alpha value is -2.63. The molecule has 0 aliphatic carbocycles. The quantitative estimate of drug-likeness (QED) is 0.203. The Balaban J connectivity index is 2.10. The van der Waals surface area contributed by atoms with Gasteiger partial charge in [-0.25, -0.2) is 4.79 Å². The second-order valence-corrected chi connectivity index (χ2v) is 8.07. The zero-order valence-corrected chi connectivity index (χ0v) is 18.7. The van der Waals surface area contributed by atoms with Crippen molar-refractivity contribution >= 4 is 36.3 Å². The maximum atomic E-state index is 13.0. The van der Waals surface area contributed by atoms with E-state index in [1.165, 1.54) is 6.92 Å². The Labute approximate surface area is 191 Å². The number of rotatable bonds is 11. The highest BCUT2D eigenvalue weighted by Crippen LogP contribution is 2.08. The van der Waals surface area contributed by atoms with E-state index >= 15 is 0 Å². The standard InChI is InChI=1S/C21H30N4O6S/c1-12(26)17(21(30)31)25-20(29)16(11-32)24-19(28)15(10-13-6-3-2-4-7-13)23-18(27)14-8-5-9-22-14/h2-4,6-7,12,14-17,22,26,32H,5,8-11H2,1H3,(H,23,27)(H,24,28)(H,25,29)(H,30,31). The molecule has 5 atom stereocenters. The minimum absolute atomic E-state index is 0.111. The average Bonchev–Trinajstić information content (AvgIpc) is 3.30. The van der Waals surface area contributed by atoms with Crippen LogP contribution in [0.4, 0.5) is 0 Å². The van der Waals surface area contributed by atoms with E-state index in [-0.39, 0.29) is 24.1 Å². The SMILES string of the molecule is CC(O)C(NC(=O)C(CS)NC(=O)C(Cc1ccccc1)NC(=O)C1CCCN1)C(=O)O. The lowest BCUT2D eigenvalue weighted by Crippen LogP contribution is -2.59. The molecule has 5 unspecified atom stereocenters. The summed E-state index contributed by atoms with van der Waals surface area (Å²) in [6, 6.07) is 5.09. The van der Waals surface area contributed by atoms with Gasteiger partial charge in [-0.1, -0.05) is 30.3 Å². The fourth-order valence-corrected chi connectivity index (χ4v) is 3.61. The summed E-state index contributed by atoms with van der Waals surface area (Å²) in [7, 11) is 0. The fourth-order valence-electron chi connectivity index (χ4n) is 3.35. The lowest BCUT2D eigenvalue weighted by atomic mass is 10.0. The molecule has 0 aromatic heterocycles. The maximum Gasteiger partial charge on any atom is 0.328 e. The molecule has 3 amide bonds. The molecule has 0 saturated carbocycles. The highest BCUT2D eigenvalue weighted by Gasteiger charge is 2.32. The minimum atomic E-state index is -1.53. The van der Waals surface area contributed by atoms with E-state index in [4.69, 9.17) is 5.11 Å². The number of aliphatic hydroxyl groups excluding tert-OH is 1. The molecule has 176 valence electrons. The molecule has 1 aromatic carbocycles. The summed E-state index contributed by atoms with van der Waals surface area (Å²) in [6.07, 6.45) is 0.404. The molecule has 1 saturated heterocycles. The van der Waals surface area contributed by atoms with E-state index in [9.17, 15) is 24.3 Å². The molecule has 6 N–H and O–H groups in total. The number of nitrogens with one attached hydrogen (secondary N) is 4. The van der Waals surface area contributed by atoms with Crippen molar-refractivity contribution in [1.29, 1.82) is 0 Å². The average molecular weight is 467 g/mol. The van der Waals surface area contributed by atoms with Crippen molar-refractivity contribution in [2.24, 2.45) is 0 Å². The van der Waals surface area contributed by atoms with Gasteiger partial charge in [0.25, 0.3) is 0 Å². The first-order chi connectivity index (χ1) is 15.2. The molecule has 11 heteroatoms. The lowest BCUT2D eigenvalue weighted by Gasteiger charge is -2.25. The third kappa shape index (κ3) is 7.50. The molecule has 2 rings (SSSR count). The van der Waals surface area contributed by atoms with Gasteiger partial charge in [-0.15, -0.1) is 0 Å². The molecule has 1 fully saturated rings. The van der Waals surface area contributed by atoms with Crippen molar-refractivity contribution < 1.29 is 29.4 Å². The van der Waals surface area contributed by atoms with E-state index < -0.39 is 42.0 Å². The van der Waals surface area contributed by atoms with E-state index in [0.29, 0.717) is 6.42 Å². The van der Waals surface area contributed by atoms with Crippen molar-refractivity contribution in [1.82, 2.24) is 21.3 Å². The zero-order valence-electron chi connectivity index (χ0n) is 17.8. The number of carboxylic acids is 1. The van der Waals surface area contributed by atoms with Crippen molar-refractivity contribution in [3.8, 4) is 0 Å². The summed E-state index contributed by atoms with van der Waals surface area (Å²) in [5, 5.41) is 29.3.